The molecule has 29 heavy (non-hydrogen) atoms. The van der Waals surface area contributed by atoms with E-state index in [4.69, 9.17) is 0 Å². The molecule has 1 N–H and O–H groups in total. The molecule has 2 heterocycles. The van der Waals surface area contributed by atoms with Gasteiger partial charge in [-0.3, -0.25) is 14.4 Å². The number of halogens is 1. The van der Waals surface area contributed by atoms with Gasteiger partial charge in [0.1, 0.15) is 5.82 Å². The van der Waals surface area contributed by atoms with Gasteiger partial charge in [-0.25, -0.2) is 4.39 Å². The quantitative estimate of drug-likeness (QED) is 0.812. The predicted octanol–water partition coefficient (Wildman–Crippen LogP) is 2.80. The van der Waals surface area contributed by atoms with Crippen LogP contribution in [0.1, 0.15) is 35.2 Å². The van der Waals surface area contributed by atoms with Crippen LogP contribution in [0.15, 0.2) is 42.5 Å². The lowest BCUT2D eigenvalue weighted by molar-refractivity contribution is -0.135. The number of nitrogens with zero attached hydrogens (tertiary/aromatic N) is 2. The normalized spacial score (nSPS) is 18.8. The Labute approximate surface area is 168 Å². The molecule has 0 aliphatic carbocycles. The Morgan fingerprint density at radius 2 is 1.79 bits per heavy atom. The summed E-state index contributed by atoms with van der Waals surface area (Å²) in [6.45, 7) is 3.29. The fraction of sp³-hybridized carbons (Fsp3) is 0.318. The Morgan fingerprint density at radius 1 is 1.07 bits per heavy atom. The number of para-hydroxylation sites is 1. The standard InChI is InChI=1S/C22H22FN3O3/c1-14(27)15-6-7-20(18(23)12-15)25-8-10-26(11-9-25)22(29)17-13-21(28)24-19-5-3-2-4-16(17)19/h2-7,12,17H,8-11,13H2,1H3,(H,24,28)/t17-/m0/s1. The third-order valence-electron chi connectivity index (χ3n) is 5.58. The fourth-order valence-electron chi connectivity index (χ4n) is 4.00. The van der Waals surface area contributed by atoms with E-state index in [-0.39, 0.29) is 24.0 Å². The van der Waals surface area contributed by atoms with Crippen LogP contribution in [0.25, 0.3) is 0 Å². The van der Waals surface area contributed by atoms with Crippen molar-refractivity contribution in [1.82, 2.24) is 4.90 Å². The van der Waals surface area contributed by atoms with E-state index in [2.05, 4.69) is 5.32 Å². The van der Waals surface area contributed by atoms with Gasteiger partial charge >= 0.3 is 0 Å². The zero-order valence-corrected chi connectivity index (χ0v) is 16.2. The monoisotopic (exact) mass is 395 g/mol. The number of Topliss-reactive ketones (excluding diaryl/α,β-unsaturated/α-hetero) is 1. The first-order valence-electron chi connectivity index (χ1n) is 9.67. The number of rotatable bonds is 3. The lowest BCUT2D eigenvalue weighted by atomic mass is 9.89. The molecule has 150 valence electrons. The number of nitrogens with one attached hydrogen (secondary N) is 1. The largest absolute Gasteiger partial charge is 0.366 e. The molecule has 0 saturated carbocycles. The minimum Gasteiger partial charge on any atom is -0.366 e. The van der Waals surface area contributed by atoms with Crippen molar-refractivity contribution in [3.8, 4) is 0 Å². The second-order valence-corrected chi connectivity index (χ2v) is 7.43. The third-order valence-corrected chi connectivity index (χ3v) is 5.58. The highest BCUT2D eigenvalue weighted by Crippen LogP contribution is 2.33. The predicted molar refractivity (Wildman–Crippen MR) is 108 cm³/mol. The number of piperazine rings is 1. The van der Waals surface area contributed by atoms with E-state index in [1.807, 2.05) is 23.1 Å². The summed E-state index contributed by atoms with van der Waals surface area (Å²) in [6, 6.07) is 11.9. The molecule has 6 nitrogen and oxygen atoms in total. The number of carbonyl (C=O) groups excluding carboxylic acids is 3. The maximum Gasteiger partial charge on any atom is 0.230 e. The van der Waals surface area contributed by atoms with Gasteiger partial charge in [0.15, 0.2) is 5.78 Å². The van der Waals surface area contributed by atoms with Crippen molar-refractivity contribution in [2.75, 3.05) is 36.4 Å². The number of hydrogen-bond acceptors (Lipinski definition) is 4. The molecule has 0 radical (unpaired) electrons. The third kappa shape index (κ3) is 3.72. The maximum atomic E-state index is 14.4. The summed E-state index contributed by atoms with van der Waals surface area (Å²) < 4.78 is 14.4. The summed E-state index contributed by atoms with van der Waals surface area (Å²) in [5.74, 6) is -1.33. The summed E-state index contributed by atoms with van der Waals surface area (Å²) in [5.41, 5.74) is 2.30. The van der Waals surface area contributed by atoms with Crippen LogP contribution in [-0.4, -0.2) is 48.7 Å². The van der Waals surface area contributed by atoms with Crippen molar-refractivity contribution < 1.29 is 18.8 Å². The number of hydrogen-bond donors (Lipinski definition) is 1. The van der Waals surface area contributed by atoms with Crippen molar-refractivity contribution >= 4 is 29.0 Å². The zero-order chi connectivity index (χ0) is 20.5. The molecule has 2 aliphatic heterocycles. The van der Waals surface area contributed by atoms with E-state index < -0.39 is 11.7 Å². The van der Waals surface area contributed by atoms with Crippen LogP contribution in [0, 0.1) is 5.82 Å². The van der Waals surface area contributed by atoms with Gasteiger partial charge < -0.3 is 15.1 Å². The van der Waals surface area contributed by atoms with Gasteiger partial charge in [-0.05, 0) is 36.8 Å². The van der Waals surface area contributed by atoms with Crippen LogP contribution in [0.2, 0.25) is 0 Å². The minimum absolute atomic E-state index is 0.0700. The Kier molecular flexibility index (Phi) is 5.05. The number of anilines is 2. The number of carbonyl (C=O) groups is 3. The van der Waals surface area contributed by atoms with E-state index in [1.54, 1.807) is 23.1 Å². The molecule has 1 atom stereocenters. The van der Waals surface area contributed by atoms with Gasteiger partial charge in [-0.2, -0.15) is 0 Å². The van der Waals surface area contributed by atoms with Crippen molar-refractivity contribution in [3.05, 3.63) is 59.4 Å². The highest BCUT2D eigenvalue weighted by Gasteiger charge is 2.34. The highest BCUT2D eigenvalue weighted by molar-refractivity contribution is 6.01. The first-order chi connectivity index (χ1) is 13.9. The number of amides is 2. The molecule has 2 amide bonds. The average molecular weight is 395 g/mol. The number of fused-ring (bicyclic) bond motifs is 1. The molecule has 2 aliphatic rings. The smallest absolute Gasteiger partial charge is 0.230 e. The van der Waals surface area contributed by atoms with E-state index in [0.29, 0.717) is 43.1 Å². The molecular weight excluding hydrogens is 373 g/mol. The molecule has 0 aromatic heterocycles. The van der Waals surface area contributed by atoms with E-state index in [9.17, 15) is 18.8 Å². The van der Waals surface area contributed by atoms with Gasteiger partial charge in [0, 0.05) is 43.9 Å². The Morgan fingerprint density at radius 3 is 2.48 bits per heavy atom. The molecule has 0 bridgehead atoms. The summed E-state index contributed by atoms with van der Waals surface area (Å²) in [6.07, 6.45) is 0.136. The second-order valence-electron chi connectivity index (χ2n) is 7.43. The van der Waals surface area contributed by atoms with Crippen molar-refractivity contribution in [3.63, 3.8) is 0 Å². The second kappa shape index (κ2) is 7.66. The lowest BCUT2D eigenvalue weighted by Crippen LogP contribution is -2.51. The average Bonchev–Trinajstić information content (AvgIpc) is 2.72. The molecule has 1 saturated heterocycles. The number of benzene rings is 2. The van der Waals surface area contributed by atoms with Crippen molar-refractivity contribution in [2.45, 2.75) is 19.3 Å². The Bertz CT molecular complexity index is 983. The van der Waals surface area contributed by atoms with Gasteiger partial charge in [0.2, 0.25) is 11.8 Å². The van der Waals surface area contributed by atoms with Crippen LogP contribution >= 0.6 is 0 Å². The fourth-order valence-corrected chi connectivity index (χ4v) is 4.00. The van der Waals surface area contributed by atoms with Crippen LogP contribution in [0.3, 0.4) is 0 Å². The molecule has 4 rings (SSSR count). The number of ketones is 1. The SMILES string of the molecule is CC(=O)c1ccc(N2CCN(C(=O)[C@H]3CC(=O)Nc4ccccc43)CC2)c(F)c1. The maximum absolute atomic E-state index is 14.4. The molecule has 0 spiro atoms. The molecular formula is C22H22FN3O3. The van der Waals surface area contributed by atoms with Crippen LogP contribution in [-0.2, 0) is 9.59 Å². The first-order valence-corrected chi connectivity index (χ1v) is 9.67. The first kappa shape index (κ1) is 19.1. The summed E-state index contributed by atoms with van der Waals surface area (Å²) in [7, 11) is 0. The molecule has 7 heteroatoms. The summed E-state index contributed by atoms with van der Waals surface area (Å²) in [5, 5.41) is 2.81. The van der Waals surface area contributed by atoms with Gasteiger partial charge in [0.25, 0.3) is 0 Å². The molecule has 1 fully saturated rings. The molecule has 2 aromatic rings. The van der Waals surface area contributed by atoms with Crippen LogP contribution in [0.4, 0.5) is 15.8 Å². The summed E-state index contributed by atoms with van der Waals surface area (Å²) in [4.78, 5) is 40.2. The Balaban J connectivity index is 1.46. The van der Waals surface area contributed by atoms with Crippen molar-refractivity contribution in [2.24, 2.45) is 0 Å². The molecule has 0 unspecified atom stereocenters. The summed E-state index contributed by atoms with van der Waals surface area (Å²) >= 11 is 0. The Hall–Kier alpha value is -3.22. The molecule has 2 aromatic carbocycles. The lowest BCUT2D eigenvalue weighted by Gasteiger charge is -2.38. The van der Waals surface area contributed by atoms with E-state index in [1.165, 1.54) is 13.0 Å². The van der Waals surface area contributed by atoms with Gasteiger partial charge in [-0.1, -0.05) is 18.2 Å². The topological polar surface area (TPSA) is 69.7 Å². The highest BCUT2D eigenvalue weighted by atomic mass is 19.1. The van der Waals surface area contributed by atoms with Gasteiger partial charge in [-0.15, -0.1) is 0 Å². The van der Waals surface area contributed by atoms with Gasteiger partial charge in [0.05, 0.1) is 11.6 Å². The zero-order valence-electron chi connectivity index (χ0n) is 16.2. The van der Waals surface area contributed by atoms with Crippen LogP contribution < -0.4 is 10.2 Å². The van der Waals surface area contributed by atoms with Crippen LogP contribution in [0.5, 0.6) is 0 Å². The van der Waals surface area contributed by atoms with Crippen molar-refractivity contribution in [1.29, 1.82) is 0 Å². The minimum atomic E-state index is -0.488. The van der Waals surface area contributed by atoms with E-state index >= 15 is 0 Å². The van der Waals surface area contributed by atoms with E-state index in [0.717, 1.165) is 5.56 Å².